The third kappa shape index (κ3) is 5.54. The lowest BCUT2D eigenvalue weighted by molar-refractivity contribution is -0.127. The number of hydrogen-bond donors (Lipinski definition) is 1. The van der Waals surface area contributed by atoms with Gasteiger partial charge in [0, 0.05) is 43.7 Å². The van der Waals surface area contributed by atoms with E-state index in [0.29, 0.717) is 47.6 Å². The van der Waals surface area contributed by atoms with E-state index in [4.69, 9.17) is 10.7 Å². The number of fused-ring (bicyclic) bond motifs is 1. The molecular weight excluding hydrogens is 490 g/mol. The van der Waals surface area contributed by atoms with Crippen molar-refractivity contribution in [3.8, 4) is 0 Å². The van der Waals surface area contributed by atoms with E-state index in [0.717, 1.165) is 51.6 Å². The van der Waals surface area contributed by atoms with Crippen molar-refractivity contribution in [1.82, 2.24) is 19.4 Å². The molecule has 5 rings (SSSR count). The molecule has 2 saturated heterocycles. The Morgan fingerprint density at radius 2 is 1.62 bits per heavy atom. The van der Waals surface area contributed by atoms with Crippen molar-refractivity contribution in [2.75, 3.05) is 31.9 Å². The number of carbonyl (C=O) groups excluding carboxylic acids is 3. The Morgan fingerprint density at radius 1 is 0.919 bits per heavy atom. The van der Waals surface area contributed by atoms with E-state index in [1.807, 2.05) is 4.90 Å². The summed E-state index contributed by atoms with van der Waals surface area (Å²) in [5, 5.41) is 1.05. The maximum absolute atomic E-state index is 13.7. The number of thioether (sulfide) groups is 1. The standard InChI is InChI=1S/C27H35N5O4S/c28-24(34)18-10-14-31(15-11-18)25(35)19-8-9-21-22(16-19)29-27(37-17-23(33)30-12-4-5-13-30)32(26(21)36)20-6-2-1-3-7-20/h8-9,16,18,20H,1-7,10-15,17H2,(H2,28,34). The van der Waals surface area contributed by atoms with E-state index in [1.165, 1.54) is 18.2 Å². The molecule has 198 valence electrons. The van der Waals surface area contributed by atoms with Crippen molar-refractivity contribution in [3.63, 3.8) is 0 Å². The molecule has 0 unspecified atom stereocenters. The lowest BCUT2D eigenvalue weighted by Gasteiger charge is -2.30. The van der Waals surface area contributed by atoms with Crippen molar-refractivity contribution in [2.45, 2.75) is 69.0 Å². The number of nitrogens with zero attached hydrogens (tertiary/aromatic N) is 4. The molecule has 0 bridgehead atoms. The van der Waals surface area contributed by atoms with Gasteiger partial charge in [-0.15, -0.1) is 0 Å². The summed E-state index contributed by atoms with van der Waals surface area (Å²) in [6.45, 7) is 2.53. The maximum Gasteiger partial charge on any atom is 0.262 e. The van der Waals surface area contributed by atoms with Gasteiger partial charge in [0.25, 0.3) is 11.5 Å². The van der Waals surface area contributed by atoms with Gasteiger partial charge in [-0.2, -0.15) is 0 Å². The Labute approximate surface area is 220 Å². The van der Waals surface area contributed by atoms with Gasteiger partial charge in [-0.3, -0.25) is 23.7 Å². The number of amides is 3. The summed E-state index contributed by atoms with van der Waals surface area (Å²) in [6.07, 6.45) is 8.37. The van der Waals surface area contributed by atoms with Gasteiger partial charge in [0.15, 0.2) is 5.16 Å². The smallest absolute Gasteiger partial charge is 0.262 e. The van der Waals surface area contributed by atoms with Gasteiger partial charge in [-0.25, -0.2) is 4.98 Å². The van der Waals surface area contributed by atoms with E-state index in [9.17, 15) is 19.2 Å². The Morgan fingerprint density at radius 3 is 2.30 bits per heavy atom. The highest BCUT2D eigenvalue weighted by molar-refractivity contribution is 7.99. The van der Waals surface area contributed by atoms with Crippen molar-refractivity contribution >= 4 is 40.4 Å². The van der Waals surface area contributed by atoms with E-state index in [-0.39, 0.29) is 41.0 Å². The van der Waals surface area contributed by atoms with Crippen LogP contribution in [0.2, 0.25) is 0 Å². The monoisotopic (exact) mass is 525 g/mol. The predicted octanol–water partition coefficient (Wildman–Crippen LogP) is 2.95. The molecule has 10 heteroatoms. The largest absolute Gasteiger partial charge is 0.369 e. The summed E-state index contributed by atoms with van der Waals surface area (Å²) in [6, 6.07) is 5.17. The minimum absolute atomic E-state index is 0.0790. The fraction of sp³-hybridized carbons (Fsp3) is 0.593. The fourth-order valence-corrected chi connectivity index (χ4v) is 6.78. The first-order chi connectivity index (χ1) is 17.9. The van der Waals surface area contributed by atoms with Gasteiger partial charge >= 0.3 is 0 Å². The fourth-order valence-electron chi connectivity index (χ4n) is 5.81. The maximum atomic E-state index is 13.7. The second-order valence-electron chi connectivity index (χ2n) is 10.4. The highest BCUT2D eigenvalue weighted by atomic mass is 32.2. The quantitative estimate of drug-likeness (QED) is 0.458. The molecule has 1 aromatic carbocycles. The number of likely N-dealkylation sites (tertiary alicyclic amines) is 2. The summed E-state index contributed by atoms with van der Waals surface area (Å²) in [5.74, 6) is -0.317. The van der Waals surface area contributed by atoms with E-state index >= 15 is 0 Å². The third-order valence-electron chi connectivity index (χ3n) is 8.02. The van der Waals surface area contributed by atoms with Crippen LogP contribution in [-0.2, 0) is 9.59 Å². The number of rotatable bonds is 6. The number of aromatic nitrogens is 2. The van der Waals surface area contributed by atoms with Gasteiger partial charge < -0.3 is 15.5 Å². The van der Waals surface area contributed by atoms with E-state index in [1.54, 1.807) is 27.7 Å². The van der Waals surface area contributed by atoms with Gasteiger partial charge in [-0.05, 0) is 56.7 Å². The number of nitrogens with two attached hydrogens (primary N) is 1. The second-order valence-corrected chi connectivity index (χ2v) is 11.4. The molecule has 0 atom stereocenters. The van der Waals surface area contributed by atoms with Crippen LogP contribution in [-0.4, -0.2) is 69.0 Å². The zero-order valence-corrected chi connectivity index (χ0v) is 22.0. The highest BCUT2D eigenvalue weighted by Gasteiger charge is 2.28. The Balaban J connectivity index is 1.43. The molecule has 9 nitrogen and oxygen atoms in total. The first-order valence-electron chi connectivity index (χ1n) is 13.5. The van der Waals surface area contributed by atoms with Crippen molar-refractivity contribution in [2.24, 2.45) is 11.7 Å². The molecule has 2 aliphatic heterocycles. The van der Waals surface area contributed by atoms with Gasteiger partial charge in [0.1, 0.15) is 0 Å². The molecule has 3 fully saturated rings. The molecule has 1 aromatic heterocycles. The molecule has 37 heavy (non-hydrogen) atoms. The highest BCUT2D eigenvalue weighted by Crippen LogP contribution is 2.31. The zero-order valence-electron chi connectivity index (χ0n) is 21.2. The zero-order chi connectivity index (χ0) is 25.9. The van der Waals surface area contributed by atoms with Gasteiger partial charge in [0.05, 0.1) is 16.7 Å². The minimum Gasteiger partial charge on any atom is -0.369 e. The topological polar surface area (TPSA) is 119 Å². The molecule has 3 heterocycles. The molecule has 0 spiro atoms. The van der Waals surface area contributed by atoms with Crippen LogP contribution in [0.3, 0.4) is 0 Å². The Bertz CT molecular complexity index is 1240. The summed E-state index contributed by atoms with van der Waals surface area (Å²) >= 11 is 1.33. The van der Waals surface area contributed by atoms with Crippen LogP contribution in [0, 0.1) is 5.92 Å². The first-order valence-corrected chi connectivity index (χ1v) is 14.5. The number of hydrogen-bond acceptors (Lipinski definition) is 6. The van der Waals surface area contributed by atoms with Crippen LogP contribution in [0.1, 0.15) is 74.2 Å². The average molecular weight is 526 g/mol. The molecule has 1 aliphatic carbocycles. The molecule has 0 radical (unpaired) electrons. The van der Waals surface area contributed by atoms with Crippen molar-refractivity contribution in [1.29, 1.82) is 0 Å². The van der Waals surface area contributed by atoms with Crippen LogP contribution in [0.25, 0.3) is 10.9 Å². The molecule has 1 saturated carbocycles. The van der Waals surface area contributed by atoms with Crippen LogP contribution in [0.15, 0.2) is 28.2 Å². The van der Waals surface area contributed by atoms with E-state index in [2.05, 4.69) is 0 Å². The Hall–Kier alpha value is -2.88. The SMILES string of the molecule is NC(=O)C1CCN(C(=O)c2ccc3c(=O)n(C4CCCCC4)c(SCC(=O)N4CCCC4)nc3c2)CC1. The van der Waals surface area contributed by atoms with Crippen LogP contribution in [0.5, 0.6) is 0 Å². The lowest BCUT2D eigenvalue weighted by atomic mass is 9.95. The van der Waals surface area contributed by atoms with Crippen LogP contribution >= 0.6 is 11.8 Å². The molecule has 2 N–H and O–H groups in total. The third-order valence-corrected chi connectivity index (χ3v) is 8.96. The molecule has 3 aliphatic rings. The number of primary amides is 1. The number of benzene rings is 1. The van der Waals surface area contributed by atoms with Crippen LogP contribution in [0.4, 0.5) is 0 Å². The van der Waals surface area contributed by atoms with Crippen LogP contribution < -0.4 is 11.3 Å². The molecule has 3 amide bonds. The summed E-state index contributed by atoms with van der Waals surface area (Å²) in [7, 11) is 0. The second kappa shape index (κ2) is 11.2. The lowest BCUT2D eigenvalue weighted by Crippen LogP contribution is -2.41. The minimum atomic E-state index is -0.315. The van der Waals surface area contributed by atoms with Crippen molar-refractivity contribution in [3.05, 3.63) is 34.1 Å². The molecule has 2 aromatic rings. The number of carbonyl (C=O) groups is 3. The normalized spacial score (nSPS) is 19.5. The molecular formula is C27H35N5O4S. The number of piperidine rings is 1. The first kappa shape index (κ1) is 25.8. The summed E-state index contributed by atoms with van der Waals surface area (Å²) < 4.78 is 1.81. The predicted molar refractivity (Wildman–Crippen MR) is 142 cm³/mol. The Kier molecular flexibility index (Phi) is 7.83. The van der Waals surface area contributed by atoms with Crippen molar-refractivity contribution < 1.29 is 14.4 Å². The summed E-state index contributed by atoms with van der Waals surface area (Å²) in [5.41, 5.74) is 6.27. The average Bonchev–Trinajstić information content (AvgIpc) is 3.47. The summed E-state index contributed by atoms with van der Waals surface area (Å²) in [4.78, 5) is 59.6. The van der Waals surface area contributed by atoms with Gasteiger partial charge in [0.2, 0.25) is 11.8 Å². The van der Waals surface area contributed by atoms with E-state index < -0.39 is 0 Å². The van der Waals surface area contributed by atoms with Gasteiger partial charge in [-0.1, -0.05) is 31.0 Å².